The van der Waals surface area contributed by atoms with Crippen molar-refractivity contribution in [2.75, 3.05) is 62.8 Å². The van der Waals surface area contributed by atoms with Gasteiger partial charge in [-0.2, -0.15) is 5.53 Å². The number of ether oxygens (including phenoxy) is 1. The number of carbonyl (C=O) groups excluding carboxylic acids is 1. The summed E-state index contributed by atoms with van der Waals surface area (Å²) < 4.78 is 28.4. The maximum absolute atomic E-state index is 12.0. The van der Waals surface area contributed by atoms with Gasteiger partial charge in [-0.3, -0.25) is 20.4 Å². The predicted molar refractivity (Wildman–Crippen MR) is 179 cm³/mol. The molecule has 0 bridgehead atoms. The van der Waals surface area contributed by atoms with Gasteiger partial charge in [0.2, 0.25) is 0 Å². The number of esters is 1. The molecule has 1 saturated heterocycles. The number of nitro groups is 1. The number of carbonyl (C=O) groups is 1. The van der Waals surface area contributed by atoms with E-state index in [1.54, 1.807) is 18.2 Å². The highest BCUT2D eigenvalue weighted by molar-refractivity contribution is 7.91. The zero-order chi connectivity index (χ0) is 34.1. The fraction of sp³-hybridized carbons (Fsp3) is 0.455. The largest absolute Gasteiger partial charge is 0.465 e. The molecule has 2 aromatic carbocycles. The average Bonchev–Trinajstić information content (AvgIpc) is 3.04. The lowest BCUT2D eigenvalue weighted by Crippen LogP contribution is -2.47. The topological polar surface area (TPSA) is 173 Å². The number of methoxy groups -OCH3 is 1. The second kappa shape index (κ2) is 13.0. The zero-order valence-corrected chi connectivity index (χ0v) is 28.0. The monoisotopic (exact) mass is 663 g/mol. The first-order chi connectivity index (χ1) is 22.2. The van der Waals surface area contributed by atoms with Gasteiger partial charge in [-0.15, -0.1) is 0 Å². The Hall–Kier alpha value is -4.43. The van der Waals surface area contributed by atoms with Crippen molar-refractivity contribution in [1.29, 1.82) is 10.9 Å². The predicted octanol–water partition coefficient (Wildman–Crippen LogP) is 4.95. The lowest BCUT2D eigenvalue weighted by Gasteiger charge is -2.51. The summed E-state index contributed by atoms with van der Waals surface area (Å²) in [5, 5.41) is 25.5. The van der Waals surface area contributed by atoms with Crippen molar-refractivity contribution >= 4 is 38.6 Å². The van der Waals surface area contributed by atoms with Crippen molar-refractivity contribution in [1.82, 2.24) is 9.91 Å². The molecule has 0 unspecified atom stereocenters. The van der Waals surface area contributed by atoms with Crippen LogP contribution in [0.1, 0.15) is 48.7 Å². The molecular weight excluding hydrogens is 622 g/mol. The van der Waals surface area contributed by atoms with Crippen molar-refractivity contribution in [3.05, 3.63) is 87.0 Å². The number of nitrogens with zero attached hydrogens (tertiary/aromatic N) is 5. The highest BCUT2D eigenvalue weighted by Crippen LogP contribution is 2.55. The average molecular weight is 664 g/mol. The normalized spacial score (nSPS) is 21.9. The quantitative estimate of drug-likeness (QED) is 0.0716. The van der Waals surface area contributed by atoms with Gasteiger partial charge in [0.25, 0.3) is 5.69 Å². The number of nitrogens with one attached hydrogen (secondary N) is 2. The Morgan fingerprint density at radius 1 is 1.09 bits per heavy atom. The van der Waals surface area contributed by atoms with Gasteiger partial charge in [-0.05, 0) is 35.8 Å². The molecule has 3 aliphatic rings. The van der Waals surface area contributed by atoms with E-state index in [2.05, 4.69) is 43.0 Å². The van der Waals surface area contributed by atoms with Crippen LogP contribution in [-0.4, -0.2) is 92.9 Å². The molecular formula is C33H41N7O6S. The SMILES string of the molecule is COC(=O)c1ccc(C2=CC[C@]3(C)CN(c4cc(C(=N)N(CCN5CCS(=O)(=O)CC5)N=N)cc([N+](=O)[O-])c4)CC=C3C2(C)C)cc1. The van der Waals surface area contributed by atoms with Crippen LogP contribution in [0, 0.1) is 31.9 Å². The number of hydrogen-bond acceptors (Lipinski definition) is 11. The number of allylic oxidation sites excluding steroid dienone is 2. The molecule has 0 radical (unpaired) electrons. The van der Waals surface area contributed by atoms with Crippen molar-refractivity contribution in [2.24, 2.45) is 16.1 Å². The van der Waals surface area contributed by atoms with E-state index in [1.165, 1.54) is 35.4 Å². The third kappa shape index (κ3) is 6.98. The summed E-state index contributed by atoms with van der Waals surface area (Å²) in [6.45, 7) is 9.03. The summed E-state index contributed by atoms with van der Waals surface area (Å²) in [5.74, 6) is -0.381. The molecule has 1 fully saturated rings. The number of fused-ring (bicyclic) bond motifs is 1. The van der Waals surface area contributed by atoms with Crippen LogP contribution in [0.25, 0.3) is 5.57 Å². The number of amidine groups is 1. The summed E-state index contributed by atoms with van der Waals surface area (Å²) in [7, 11) is -1.67. The standard InChI is InChI=1S/C33H41N7O6S/c1-32(2)28(23-5-7-24(8-6-23)31(41)46-4)9-11-33(3)22-38(12-10-29(32)33)26-19-25(20-27(21-26)40(42)43)30(34)39(36-35)14-13-37-15-17-47(44,45)18-16-37/h5-10,19-21,34-35H,11-18,22H2,1-4H3/t33-/m1/s1. The van der Waals surface area contributed by atoms with E-state index in [4.69, 9.17) is 15.7 Å². The van der Waals surface area contributed by atoms with Gasteiger partial charge < -0.3 is 9.64 Å². The number of nitro benzene ring substituents is 1. The molecule has 0 saturated carbocycles. The molecule has 2 N–H and O–H groups in total. The van der Waals surface area contributed by atoms with Gasteiger partial charge in [0.1, 0.15) is 0 Å². The van der Waals surface area contributed by atoms with Gasteiger partial charge in [-0.25, -0.2) is 18.2 Å². The molecule has 14 heteroatoms. The number of hydrogen-bond donors (Lipinski definition) is 2. The van der Waals surface area contributed by atoms with Crippen molar-refractivity contribution in [3.63, 3.8) is 0 Å². The Labute approximate surface area is 274 Å². The molecule has 13 nitrogen and oxygen atoms in total. The number of benzene rings is 2. The van der Waals surface area contributed by atoms with Crippen molar-refractivity contribution in [2.45, 2.75) is 27.2 Å². The minimum Gasteiger partial charge on any atom is -0.465 e. The van der Waals surface area contributed by atoms with Crippen LogP contribution in [0.15, 0.2) is 65.4 Å². The van der Waals surface area contributed by atoms with Crippen LogP contribution in [0.3, 0.4) is 0 Å². The van der Waals surface area contributed by atoms with Gasteiger partial charge >= 0.3 is 5.97 Å². The molecule has 0 amide bonds. The first-order valence-electron chi connectivity index (χ1n) is 15.5. The number of non-ortho nitro benzene ring substituents is 1. The minimum absolute atomic E-state index is 0.0695. The second-order valence-corrected chi connectivity index (χ2v) is 15.4. The van der Waals surface area contributed by atoms with Crippen molar-refractivity contribution < 1.29 is 22.9 Å². The third-order valence-electron chi connectivity index (χ3n) is 9.62. The minimum atomic E-state index is -3.03. The maximum Gasteiger partial charge on any atom is 0.337 e. The smallest absolute Gasteiger partial charge is 0.337 e. The number of sulfone groups is 1. The van der Waals surface area contributed by atoms with E-state index in [0.29, 0.717) is 44.0 Å². The number of rotatable bonds is 9. The molecule has 47 heavy (non-hydrogen) atoms. The molecule has 0 spiro atoms. The molecule has 2 aliphatic heterocycles. The Kier molecular flexibility index (Phi) is 9.38. The Morgan fingerprint density at radius 3 is 2.38 bits per heavy atom. The summed E-state index contributed by atoms with van der Waals surface area (Å²) in [6, 6.07) is 12.0. The fourth-order valence-electron chi connectivity index (χ4n) is 7.10. The second-order valence-electron chi connectivity index (χ2n) is 13.1. The van der Waals surface area contributed by atoms with E-state index >= 15 is 0 Å². The zero-order valence-electron chi connectivity index (χ0n) is 27.2. The van der Waals surface area contributed by atoms with Crippen LogP contribution in [0.4, 0.5) is 11.4 Å². The van der Waals surface area contributed by atoms with E-state index < -0.39 is 14.8 Å². The third-order valence-corrected chi connectivity index (χ3v) is 11.2. The van der Waals surface area contributed by atoms with Crippen molar-refractivity contribution in [3.8, 4) is 0 Å². The van der Waals surface area contributed by atoms with E-state index in [1.807, 2.05) is 17.0 Å². The summed E-state index contributed by atoms with van der Waals surface area (Å²) in [5.41, 5.74) is 11.8. The molecule has 2 heterocycles. The van der Waals surface area contributed by atoms with Crippen LogP contribution < -0.4 is 4.90 Å². The van der Waals surface area contributed by atoms with Crippen LogP contribution >= 0.6 is 0 Å². The summed E-state index contributed by atoms with van der Waals surface area (Å²) in [6.07, 6.45) is 5.19. The molecule has 5 rings (SSSR count). The Balaban J connectivity index is 1.36. The Morgan fingerprint density at radius 2 is 1.77 bits per heavy atom. The molecule has 250 valence electrons. The van der Waals surface area contributed by atoms with E-state index in [0.717, 1.165) is 12.0 Å². The highest BCUT2D eigenvalue weighted by atomic mass is 32.2. The van der Waals surface area contributed by atoms with Gasteiger partial charge in [0.05, 0.1) is 35.6 Å². The molecule has 1 atom stereocenters. The lowest BCUT2D eigenvalue weighted by atomic mass is 9.58. The maximum atomic E-state index is 12.0. The Bertz CT molecular complexity index is 1760. The van der Waals surface area contributed by atoms with Gasteiger partial charge in [0.15, 0.2) is 15.7 Å². The summed E-state index contributed by atoms with van der Waals surface area (Å²) in [4.78, 5) is 27.5. The van der Waals surface area contributed by atoms with E-state index in [-0.39, 0.29) is 51.9 Å². The van der Waals surface area contributed by atoms with Crippen LogP contribution in [0.2, 0.25) is 0 Å². The van der Waals surface area contributed by atoms with Crippen LogP contribution in [0.5, 0.6) is 0 Å². The van der Waals surface area contributed by atoms with Gasteiger partial charge in [-0.1, -0.05) is 55.9 Å². The highest BCUT2D eigenvalue weighted by Gasteiger charge is 2.46. The lowest BCUT2D eigenvalue weighted by molar-refractivity contribution is -0.384. The molecule has 2 aromatic rings. The first-order valence-corrected chi connectivity index (χ1v) is 17.3. The van der Waals surface area contributed by atoms with E-state index in [9.17, 15) is 23.3 Å². The molecule has 1 aliphatic carbocycles. The van der Waals surface area contributed by atoms with Crippen LogP contribution in [-0.2, 0) is 14.6 Å². The first kappa shape index (κ1) is 33.9. The van der Waals surface area contributed by atoms with Gasteiger partial charge in [0, 0.05) is 66.9 Å². The summed E-state index contributed by atoms with van der Waals surface area (Å²) >= 11 is 0. The molecule has 0 aromatic heterocycles. The number of anilines is 1. The fourth-order valence-corrected chi connectivity index (χ4v) is 8.38.